The van der Waals surface area contributed by atoms with E-state index in [4.69, 9.17) is 21.9 Å². The molecule has 0 aliphatic rings. The molecule has 0 amide bonds. The van der Waals surface area contributed by atoms with E-state index in [-0.39, 0.29) is 30.2 Å². The quantitative estimate of drug-likeness (QED) is 0.395. The molecular formula is C15H16N2O8S2. The van der Waals surface area contributed by atoms with Crippen LogP contribution in [0.5, 0.6) is 11.5 Å². The monoisotopic (exact) mass is 416 g/mol. The first-order valence-corrected chi connectivity index (χ1v) is 9.93. The van der Waals surface area contributed by atoms with Crippen LogP contribution in [0, 0.1) is 0 Å². The number of nitrogens with zero attached hydrogens (tertiary/aromatic N) is 2. The summed E-state index contributed by atoms with van der Waals surface area (Å²) in [6.07, 6.45) is 0.115. The highest BCUT2D eigenvalue weighted by molar-refractivity contribution is 7.85. The van der Waals surface area contributed by atoms with Crippen LogP contribution in [-0.4, -0.2) is 43.1 Å². The van der Waals surface area contributed by atoms with E-state index in [1.807, 2.05) is 18.2 Å². The molecule has 0 fully saturated rings. The molecule has 0 saturated heterocycles. The van der Waals surface area contributed by atoms with Crippen LogP contribution in [0.4, 0.5) is 11.4 Å². The van der Waals surface area contributed by atoms with E-state index in [1.165, 1.54) is 6.07 Å². The molecule has 2 N–H and O–H groups in total. The van der Waals surface area contributed by atoms with Crippen molar-refractivity contribution in [2.24, 2.45) is 10.2 Å². The lowest BCUT2D eigenvalue weighted by atomic mass is 10.3. The van der Waals surface area contributed by atoms with Crippen molar-refractivity contribution in [3.05, 3.63) is 48.5 Å². The van der Waals surface area contributed by atoms with Gasteiger partial charge in [-0.05, 0) is 30.7 Å². The molecule has 0 unspecified atom stereocenters. The second-order valence-corrected chi connectivity index (χ2v) is 6.83. The van der Waals surface area contributed by atoms with Gasteiger partial charge in [0.05, 0.1) is 18.0 Å². The van der Waals surface area contributed by atoms with E-state index >= 15 is 0 Å². The summed E-state index contributed by atoms with van der Waals surface area (Å²) in [5, 5.41) is 17.9. The number of phenolic OH excluding ortho intramolecular Hbond substituents is 1. The normalized spacial score (nSPS) is 10.9. The van der Waals surface area contributed by atoms with E-state index in [9.17, 15) is 13.5 Å². The largest absolute Gasteiger partial charge is 0.505 e. The van der Waals surface area contributed by atoms with E-state index < -0.39 is 26.5 Å². The van der Waals surface area contributed by atoms with Crippen LogP contribution in [0.15, 0.2) is 58.8 Å². The fourth-order valence-corrected chi connectivity index (χ4v) is 2.24. The smallest absolute Gasteiger partial charge is 0.425 e. The lowest BCUT2D eigenvalue weighted by Crippen LogP contribution is -2.08. The summed E-state index contributed by atoms with van der Waals surface area (Å²) in [5.41, 5.74) is 0.774. The Hall–Kier alpha value is -2.83. The van der Waals surface area contributed by atoms with Crippen molar-refractivity contribution in [3.8, 4) is 11.5 Å². The molecule has 0 bridgehead atoms. The van der Waals surface area contributed by atoms with Crippen molar-refractivity contribution >= 4 is 32.1 Å². The minimum Gasteiger partial charge on any atom is -0.505 e. The van der Waals surface area contributed by atoms with Crippen molar-refractivity contribution in [1.29, 1.82) is 0 Å². The molecule has 10 nitrogen and oxygen atoms in total. The van der Waals surface area contributed by atoms with E-state index in [0.29, 0.717) is 5.69 Å². The van der Waals surface area contributed by atoms with Crippen LogP contribution >= 0.6 is 0 Å². The third-order valence-corrected chi connectivity index (χ3v) is 3.61. The van der Waals surface area contributed by atoms with Gasteiger partial charge in [0.25, 0.3) is 10.1 Å². The highest BCUT2D eigenvalue weighted by Crippen LogP contribution is 2.37. The van der Waals surface area contributed by atoms with Gasteiger partial charge in [0.15, 0.2) is 11.4 Å². The number of benzene rings is 2. The molecule has 2 aromatic carbocycles. The molecule has 0 atom stereocenters. The van der Waals surface area contributed by atoms with Gasteiger partial charge in [0.2, 0.25) is 0 Å². The van der Waals surface area contributed by atoms with Crippen LogP contribution in [0.25, 0.3) is 0 Å². The van der Waals surface area contributed by atoms with Gasteiger partial charge < -0.3 is 9.84 Å². The third kappa shape index (κ3) is 10.0. The summed E-state index contributed by atoms with van der Waals surface area (Å²) in [4.78, 5) is 0. The molecule has 0 aliphatic carbocycles. The summed E-state index contributed by atoms with van der Waals surface area (Å²) in [7, 11) is -7.13. The predicted octanol–water partition coefficient (Wildman–Crippen LogP) is 2.46. The van der Waals surface area contributed by atoms with Gasteiger partial charge in [-0.3, -0.25) is 4.55 Å². The Bertz CT molecular complexity index is 968. The van der Waals surface area contributed by atoms with Crippen molar-refractivity contribution in [2.45, 2.75) is 6.42 Å². The second kappa shape index (κ2) is 11.0. The molecule has 0 aliphatic heterocycles. The Balaban J connectivity index is 0.000000828. The first-order valence-electron chi connectivity index (χ1n) is 7.32. The predicted molar refractivity (Wildman–Crippen MR) is 94.9 cm³/mol. The van der Waals surface area contributed by atoms with Crippen LogP contribution < -0.4 is 4.74 Å². The average molecular weight is 416 g/mol. The fraction of sp³-hybridized carbons (Fsp3) is 0.200. The van der Waals surface area contributed by atoms with Gasteiger partial charge in [-0.2, -0.15) is 13.5 Å². The molecule has 146 valence electrons. The summed E-state index contributed by atoms with van der Waals surface area (Å²) < 4.78 is 60.7. The number of hydrogen-bond donors (Lipinski definition) is 2. The van der Waals surface area contributed by atoms with Gasteiger partial charge in [0.1, 0.15) is 5.75 Å². The van der Waals surface area contributed by atoms with Crippen molar-refractivity contribution in [1.82, 2.24) is 0 Å². The molecule has 27 heavy (non-hydrogen) atoms. The van der Waals surface area contributed by atoms with Gasteiger partial charge in [0, 0.05) is 0 Å². The summed E-state index contributed by atoms with van der Waals surface area (Å²) in [6, 6.07) is 13.6. The van der Waals surface area contributed by atoms with Crippen molar-refractivity contribution in [3.63, 3.8) is 0 Å². The van der Waals surface area contributed by atoms with E-state index in [0.717, 1.165) is 0 Å². The lowest BCUT2D eigenvalue weighted by molar-refractivity contribution is 0.315. The van der Waals surface area contributed by atoms with Gasteiger partial charge in [-0.15, -0.1) is 17.7 Å². The SMILES string of the molecule is O=S(=O)(O)CCCOc1cccc(O)c1N=Nc1ccccc1.O=S(=O)=O. The van der Waals surface area contributed by atoms with Gasteiger partial charge in [-0.1, -0.05) is 24.3 Å². The van der Waals surface area contributed by atoms with Crippen molar-refractivity contribution < 1.29 is 35.4 Å². The summed E-state index contributed by atoms with van der Waals surface area (Å²) in [5.74, 6) is -0.218. The highest BCUT2D eigenvalue weighted by atomic mass is 32.2. The summed E-state index contributed by atoms with van der Waals surface area (Å²) >= 11 is 0. The van der Waals surface area contributed by atoms with Gasteiger partial charge in [-0.25, -0.2) is 0 Å². The average Bonchev–Trinajstić information content (AvgIpc) is 2.57. The lowest BCUT2D eigenvalue weighted by Gasteiger charge is -2.08. The van der Waals surface area contributed by atoms with E-state index in [2.05, 4.69) is 10.2 Å². The fourth-order valence-electron chi connectivity index (χ4n) is 1.75. The van der Waals surface area contributed by atoms with Crippen LogP contribution in [-0.2, 0) is 20.7 Å². The Morgan fingerprint density at radius 2 is 1.59 bits per heavy atom. The maximum absolute atomic E-state index is 10.6. The Morgan fingerprint density at radius 3 is 2.19 bits per heavy atom. The molecule has 0 spiro atoms. The Labute approximate surface area is 157 Å². The molecule has 12 heteroatoms. The summed E-state index contributed by atoms with van der Waals surface area (Å²) in [6.45, 7) is 0.0527. The molecular weight excluding hydrogens is 400 g/mol. The van der Waals surface area contributed by atoms with E-state index in [1.54, 1.807) is 24.3 Å². The van der Waals surface area contributed by atoms with Crippen LogP contribution in [0.2, 0.25) is 0 Å². The topological polar surface area (TPSA) is 160 Å². The zero-order valence-corrected chi connectivity index (χ0v) is 15.4. The van der Waals surface area contributed by atoms with Crippen LogP contribution in [0.1, 0.15) is 6.42 Å². The number of ether oxygens (including phenoxy) is 1. The molecule has 0 radical (unpaired) electrons. The number of aromatic hydroxyl groups is 1. The zero-order chi connectivity index (χ0) is 20.3. The molecule has 0 aromatic heterocycles. The molecule has 0 saturated carbocycles. The minimum absolute atomic E-state index is 0.0527. The van der Waals surface area contributed by atoms with Crippen LogP contribution in [0.3, 0.4) is 0 Å². The highest BCUT2D eigenvalue weighted by Gasteiger charge is 2.10. The molecule has 2 rings (SSSR count). The number of hydrogen-bond acceptors (Lipinski definition) is 9. The van der Waals surface area contributed by atoms with Gasteiger partial charge >= 0.3 is 10.6 Å². The maximum atomic E-state index is 10.6. The second-order valence-electron chi connectivity index (χ2n) is 4.85. The standard InChI is InChI=1S/C15H16N2O5S.O3S/c18-13-8-4-9-14(22-10-5-11-23(19,20)21)15(13)17-16-12-6-2-1-3-7-12;1-4(2)3/h1-4,6-9,18H,5,10-11H2,(H,19,20,21);. The maximum Gasteiger partial charge on any atom is 0.425 e. The Kier molecular flexibility index (Phi) is 9.05. The zero-order valence-electron chi connectivity index (χ0n) is 13.8. The minimum atomic E-state index is -4.01. The number of rotatable bonds is 7. The number of azo groups is 1. The Morgan fingerprint density at radius 1 is 0.963 bits per heavy atom. The number of phenols is 1. The first kappa shape index (κ1) is 22.2. The molecule has 0 heterocycles. The molecule has 2 aromatic rings. The third-order valence-electron chi connectivity index (χ3n) is 2.80. The van der Waals surface area contributed by atoms with Crippen molar-refractivity contribution in [2.75, 3.05) is 12.4 Å². The first-order chi connectivity index (χ1) is 12.7.